The number of fused-ring (bicyclic) bond motifs is 1. The first-order chi connectivity index (χ1) is 10.7. The quantitative estimate of drug-likeness (QED) is 0.831. The van der Waals surface area contributed by atoms with Gasteiger partial charge in [0, 0.05) is 32.7 Å². The zero-order valence-corrected chi connectivity index (χ0v) is 13.5. The molecule has 22 heavy (non-hydrogen) atoms. The molecule has 1 atom stereocenters. The second-order valence-electron chi connectivity index (χ2n) is 6.17. The molecule has 1 saturated heterocycles. The summed E-state index contributed by atoms with van der Waals surface area (Å²) in [7, 11) is 2.12. The number of rotatable bonds is 2. The molecule has 5 nitrogen and oxygen atoms in total. The van der Waals surface area contributed by atoms with E-state index in [-0.39, 0.29) is 5.91 Å². The van der Waals surface area contributed by atoms with E-state index in [2.05, 4.69) is 48.0 Å². The van der Waals surface area contributed by atoms with E-state index in [9.17, 15) is 4.79 Å². The van der Waals surface area contributed by atoms with Crippen LogP contribution in [0.4, 0.5) is 11.4 Å². The highest BCUT2D eigenvalue weighted by Gasteiger charge is 2.27. The lowest BCUT2D eigenvalue weighted by Gasteiger charge is -2.33. The topological polar surface area (TPSA) is 36.0 Å². The van der Waals surface area contributed by atoms with Gasteiger partial charge in [0.25, 0.3) is 0 Å². The predicted octanol–water partition coefficient (Wildman–Crippen LogP) is 1.58. The highest BCUT2D eigenvalue weighted by molar-refractivity contribution is 5.84. The predicted molar refractivity (Wildman–Crippen MR) is 88.5 cm³/mol. The molecule has 3 rings (SSSR count). The van der Waals surface area contributed by atoms with Crippen LogP contribution in [0.2, 0.25) is 0 Å². The molecule has 0 saturated carbocycles. The fourth-order valence-electron chi connectivity index (χ4n) is 3.22. The second-order valence-corrected chi connectivity index (χ2v) is 6.17. The molecule has 0 aromatic heterocycles. The third-order valence-corrected chi connectivity index (χ3v) is 4.69. The minimum absolute atomic E-state index is 0.203. The van der Waals surface area contributed by atoms with Crippen molar-refractivity contribution in [3.05, 3.63) is 24.3 Å². The number of carbonyl (C=O) groups is 1. The van der Waals surface area contributed by atoms with E-state index in [1.54, 1.807) is 0 Å². The molecule has 0 unspecified atom stereocenters. The van der Waals surface area contributed by atoms with E-state index in [0.717, 1.165) is 18.7 Å². The average Bonchev–Trinajstić information content (AvgIpc) is 2.68. The number of ether oxygens (including phenoxy) is 1. The number of hydrogen-bond donors (Lipinski definition) is 0. The molecule has 2 aliphatic rings. The summed E-state index contributed by atoms with van der Waals surface area (Å²) in [6.07, 6.45) is 1.06. The Morgan fingerprint density at radius 1 is 1.18 bits per heavy atom. The number of morpholine rings is 1. The number of amides is 1. The van der Waals surface area contributed by atoms with Gasteiger partial charge in [-0.05, 0) is 25.5 Å². The van der Waals surface area contributed by atoms with Crippen LogP contribution < -0.4 is 9.80 Å². The second kappa shape index (κ2) is 6.57. The number of nitrogens with zero attached hydrogens (tertiary/aromatic N) is 3. The van der Waals surface area contributed by atoms with Crippen molar-refractivity contribution in [2.45, 2.75) is 19.4 Å². The number of benzene rings is 1. The molecule has 1 aromatic carbocycles. The van der Waals surface area contributed by atoms with E-state index in [0.29, 0.717) is 38.9 Å². The van der Waals surface area contributed by atoms with Gasteiger partial charge in [0.1, 0.15) is 0 Å². The minimum atomic E-state index is 0.203. The maximum absolute atomic E-state index is 12.6. The van der Waals surface area contributed by atoms with Crippen LogP contribution in [0.3, 0.4) is 0 Å². The molecule has 0 N–H and O–H groups in total. The van der Waals surface area contributed by atoms with Crippen LogP contribution in [-0.2, 0) is 9.53 Å². The Balaban J connectivity index is 1.81. The lowest BCUT2D eigenvalue weighted by molar-refractivity contribution is -0.133. The molecule has 1 amide bonds. The molecular weight excluding hydrogens is 278 g/mol. The SMILES string of the molecule is C[C@H]1CCN(C)c2ccccc2N1CC(=O)N1CCOCC1. The van der Waals surface area contributed by atoms with E-state index in [1.807, 2.05) is 4.90 Å². The van der Waals surface area contributed by atoms with Crippen LogP contribution in [0.1, 0.15) is 13.3 Å². The molecule has 0 bridgehead atoms. The Morgan fingerprint density at radius 2 is 1.86 bits per heavy atom. The highest BCUT2D eigenvalue weighted by Crippen LogP contribution is 2.33. The van der Waals surface area contributed by atoms with Gasteiger partial charge in [-0.15, -0.1) is 0 Å². The fraction of sp³-hybridized carbons (Fsp3) is 0.588. The first-order valence-electron chi connectivity index (χ1n) is 8.09. The van der Waals surface area contributed by atoms with Gasteiger partial charge in [0.15, 0.2) is 0 Å². The van der Waals surface area contributed by atoms with Crippen molar-refractivity contribution in [2.75, 3.05) is 56.2 Å². The largest absolute Gasteiger partial charge is 0.378 e. The lowest BCUT2D eigenvalue weighted by atomic mass is 10.1. The van der Waals surface area contributed by atoms with Gasteiger partial charge in [-0.25, -0.2) is 0 Å². The van der Waals surface area contributed by atoms with Crippen LogP contribution in [0.15, 0.2) is 24.3 Å². The summed E-state index contributed by atoms with van der Waals surface area (Å²) >= 11 is 0. The van der Waals surface area contributed by atoms with Crippen molar-refractivity contribution in [2.24, 2.45) is 0 Å². The summed E-state index contributed by atoms with van der Waals surface area (Å²) in [6.45, 7) is 6.40. The molecule has 1 aromatic rings. The van der Waals surface area contributed by atoms with Crippen molar-refractivity contribution in [3.63, 3.8) is 0 Å². The molecule has 1 fully saturated rings. The zero-order chi connectivity index (χ0) is 15.5. The number of para-hydroxylation sites is 2. The number of hydrogen-bond acceptors (Lipinski definition) is 4. The third kappa shape index (κ3) is 3.04. The standard InChI is InChI=1S/C17H25N3O2/c1-14-7-8-18(2)15-5-3-4-6-16(15)20(14)13-17(21)19-9-11-22-12-10-19/h3-6,14H,7-13H2,1-2H3/t14-/m0/s1. The van der Waals surface area contributed by atoms with Gasteiger partial charge in [-0.2, -0.15) is 0 Å². The maximum Gasteiger partial charge on any atom is 0.242 e. The average molecular weight is 303 g/mol. The minimum Gasteiger partial charge on any atom is -0.378 e. The molecule has 120 valence electrons. The lowest BCUT2D eigenvalue weighted by Crippen LogP contribution is -2.47. The zero-order valence-electron chi connectivity index (χ0n) is 13.5. The fourth-order valence-corrected chi connectivity index (χ4v) is 3.22. The van der Waals surface area contributed by atoms with Crippen LogP contribution >= 0.6 is 0 Å². The van der Waals surface area contributed by atoms with Gasteiger partial charge in [-0.1, -0.05) is 12.1 Å². The summed E-state index contributed by atoms with van der Waals surface area (Å²) in [5.41, 5.74) is 2.37. The summed E-state index contributed by atoms with van der Waals surface area (Å²) in [6, 6.07) is 8.74. The van der Waals surface area contributed by atoms with Crippen molar-refractivity contribution in [3.8, 4) is 0 Å². The van der Waals surface area contributed by atoms with Crippen molar-refractivity contribution >= 4 is 17.3 Å². The molecule has 0 radical (unpaired) electrons. The summed E-state index contributed by atoms with van der Waals surface area (Å²) in [5.74, 6) is 0.203. The smallest absolute Gasteiger partial charge is 0.242 e. The molecule has 2 aliphatic heterocycles. The van der Waals surface area contributed by atoms with E-state index in [4.69, 9.17) is 4.74 Å². The third-order valence-electron chi connectivity index (χ3n) is 4.69. The van der Waals surface area contributed by atoms with E-state index in [1.165, 1.54) is 5.69 Å². The Morgan fingerprint density at radius 3 is 2.59 bits per heavy atom. The molecular formula is C17H25N3O2. The van der Waals surface area contributed by atoms with Gasteiger partial charge >= 0.3 is 0 Å². The van der Waals surface area contributed by atoms with E-state index < -0.39 is 0 Å². The van der Waals surface area contributed by atoms with Crippen LogP contribution in [0.25, 0.3) is 0 Å². The number of anilines is 2. The molecule has 2 heterocycles. The van der Waals surface area contributed by atoms with Gasteiger partial charge in [0.05, 0.1) is 31.1 Å². The van der Waals surface area contributed by atoms with Gasteiger partial charge < -0.3 is 19.4 Å². The van der Waals surface area contributed by atoms with Crippen LogP contribution in [0, 0.1) is 0 Å². The van der Waals surface area contributed by atoms with E-state index >= 15 is 0 Å². The van der Waals surface area contributed by atoms with Crippen LogP contribution in [-0.4, -0.2) is 63.3 Å². The van der Waals surface area contributed by atoms with Crippen molar-refractivity contribution in [1.29, 1.82) is 0 Å². The highest BCUT2D eigenvalue weighted by atomic mass is 16.5. The monoisotopic (exact) mass is 303 g/mol. The van der Waals surface area contributed by atoms with Crippen LogP contribution in [0.5, 0.6) is 0 Å². The number of carbonyl (C=O) groups excluding carboxylic acids is 1. The Kier molecular flexibility index (Phi) is 4.52. The van der Waals surface area contributed by atoms with Gasteiger partial charge in [-0.3, -0.25) is 4.79 Å². The molecule has 0 spiro atoms. The van der Waals surface area contributed by atoms with Crippen molar-refractivity contribution in [1.82, 2.24) is 4.90 Å². The first kappa shape index (κ1) is 15.2. The maximum atomic E-state index is 12.6. The Bertz CT molecular complexity index is 528. The van der Waals surface area contributed by atoms with Crippen molar-refractivity contribution < 1.29 is 9.53 Å². The van der Waals surface area contributed by atoms with Gasteiger partial charge in [0.2, 0.25) is 5.91 Å². The normalized spacial score (nSPS) is 22.3. The summed E-state index contributed by atoms with van der Waals surface area (Å²) < 4.78 is 5.34. The first-order valence-corrected chi connectivity index (χ1v) is 8.09. The molecule has 5 heteroatoms. The summed E-state index contributed by atoms with van der Waals surface area (Å²) in [4.78, 5) is 19.1. The molecule has 0 aliphatic carbocycles. The summed E-state index contributed by atoms with van der Waals surface area (Å²) in [5, 5.41) is 0. The Hall–Kier alpha value is -1.75. The Labute approximate surface area is 132 Å².